The Kier molecular flexibility index (Phi) is 5.36. The summed E-state index contributed by atoms with van der Waals surface area (Å²) in [7, 11) is 0. The van der Waals surface area contributed by atoms with Crippen LogP contribution in [-0.2, 0) is 4.79 Å². The largest absolute Gasteiger partial charge is 0.481 e. The number of carbonyl (C=O) groups is 1. The van der Waals surface area contributed by atoms with Crippen LogP contribution >= 0.6 is 0 Å². The first-order valence-electron chi connectivity index (χ1n) is 13.4. The zero-order valence-electron chi connectivity index (χ0n) is 21.4. The second-order valence-corrected chi connectivity index (χ2v) is 13.6. The number of fused-ring (bicyclic) bond motifs is 7. The Morgan fingerprint density at radius 3 is 2.44 bits per heavy atom. The smallest absolute Gasteiger partial charge is 0.310 e. The molecule has 0 bridgehead atoms. The zero-order valence-corrected chi connectivity index (χ0v) is 21.4. The van der Waals surface area contributed by atoms with Gasteiger partial charge in [0.05, 0.1) is 24.2 Å². The highest BCUT2D eigenvalue weighted by atomic mass is 16.4. The molecule has 0 aromatic heterocycles. The molecule has 4 N–H and O–H groups in total. The molecular formula is C29H44O5. The van der Waals surface area contributed by atoms with Gasteiger partial charge in [0.1, 0.15) is 0 Å². The zero-order chi connectivity index (χ0) is 24.9. The average molecular weight is 473 g/mol. The van der Waals surface area contributed by atoms with E-state index < -0.39 is 29.0 Å². The van der Waals surface area contributed by atoms with Crippen LogP contribution in [0.2, 0.25) is 0 Å². The first kappa shape index (κ1) is 24.5. The Balaban J connectivity index is 1.61. The molecular weight excluding hydrogens is 428 g/mol. The van der Waals surface area contributed by atoms with Crippen LogP contribution in [0.25, 0.3) is 0 Å². The van der Waals surface area contributed by atoms with Crippen LogP contribution in [0.4, 0.5) is 0 Å². The number of hydrogen-bond acceptors (Lipinski definition) is 4. The second-order valence-electron chi connectivity index (χ2n) is 13.6. The van der Waals surface area contributed by atoms with Crippen molar-refractivity contribution in [2.45, 2.75) is 97.7 Å². The van der Waals surface area contributed by atoms with Crippen LogP contribution in [0.3, 0.4) is 0 Å². The van der Waals surface area contributed by atoms with Gasteiger partial charge in [-0.25, -0.2) is 0 Å². The lowest BCUT2D eigenvalue weighted by molar-refractivity contribution is -0.243. The monoisotopic (exact) mass is 472 g/mol. The molecule has 0 aromatic rings. The molecule has 0 aliphatic heterocycles. The summed E-state index contributed by atoms with van der Waals surface area (Å²) in [5, 5.41) is 42.6. The summed E-state index contributed by atoms with van der Waals surface area (Å²) < 4.78 is 0. The van der Waals surface area contributed by atoms with E-state index in [4.69, 9.17) is 0 Å². The molecule has 10 atom stereocenters. The molecule has 5 nitrogen and oxygen atoms in total. The van der Waals surface area contributed by atoms with Crippen LogP contribution in [-0.4, -0.2) is 45.2 Å². The highest BCUT2D eigenvalue weighted by Crippen LogP contribution is 2.75. The van der Waals surface area contributed by atoms with Gasteiger partial charge in [-0.15, -0.1) is 0 Å². The number of allylic oxidation sites excluding steroid dienone is 3. The van der Waals surface area contributed by atoms with Gasteiger partial charge < -0.3 is 20.4 Å². The molecule has 0 spiro atoms. The molecule has 0 radical (unpaired) electrons. The Morgan fingerprint density at radius 1 is 1.09 bits per heavy atom. The van der Waals surface area contributed by atoms with E-state index in [-0.39, 0.29) is 34.7 Å². The fourth-order valence-corrected chi connectivity index (χ4v) is 10.3. The van der Waals surface area contributed by atoms with Gasteiger partial charge >= 0.3 is 5.97 Å². The predicted octanol–water partition coefficient (Wildman–Crippen LogP) is 4.71. The van der Waals surface area contributed by atoms with Crippen molar-refractivity contribution in [3.63, 3.8) is 0 Å². The number of aliphatic hydroxyl groups excluding tert-OH is 3. The van der Waals surface area contributed by atoms with Gasteiger partial charge in [-0.3, -0.25) is 4.79 Å². The minimum absolute atomic E-state index is 0.0229. The predicted molar refractivity (Wildman–Crippen MR) is 131 cm³/mol. The summed E-state index contributed by atoms with van der Waals surface area (Å²) >= 11 is 0. The summed E-state index contributed by atoms with van der Waals surface area (Å²) in [6.07, 6.45) is 7.84. The lowest BCUT2D eigenvalue weighted by atomic mass is 9.33. The van der Waals surface area contributed by atoms with Crippen molar-refractivity contribution in [1.29, 1.82) is 0 Å². The number of aliphatic carboxylic acids is 1. The van der Waals surface area contributed by atoms with Crippen molar-refractivity contribution in [3.05, 3.63) is 23.8 Å². The highest BCUT2D eigenvalue weighted by Gasteiger charge is 2.70. The van der Waals surface area contributed by atoms with Crippen LogP contribution in [0.15, 0.2) is 23.8 Å². The van der Waals surface area contributed by atoms with Gasteiger partial charge in [0.15, 0.2) is 0 Å². The van der Waals surface area contributed by atoms with E-state index in [1.165, 1.54) is 11.1 Å². The van der Waals surface area contributed by atoms with Crippen molar-refractivity contribution < 1.29 is 25.2 Å². The molecule has 34 heavy (non-hydrogen) atoms. The molecule has 5 rings (SSSR count). The molecule has 0 heterocycles. The lowest BCUT2D eigenvalue weighted by Crippen LogP contribution is -2.68. The van der Waals surface area contributed by atoms with E-state index in [0.29, 0.717) is 25.2 Å². The summed E-state index contributed by atoms with van der Waals surface area (Å²) in [6, 6.07) is 0. The summed E-state index contributed by atoms with van der Waals surface area (Å²) in [6.45, 7) is 13.2. The van der Waals surface area contributed by atoms with Crippen molar-refractivity contribution >= 4 is 5.97 Å². The minimum atomic E-state index is -0.913. The van der Waals surface area contributed by atoms with Gasteiger partial charge in [0.2, 0.25) is 0 Å². The number of carboxylic acid groups (broad SMARTS) is 1. The molecule has 0 amide bonds. The van der Waals surface area contributed by atoms with E-state index in [1.54, 1.807) is 0 Å². The normalized spacial score (nSPS) is 54.7. The number of hydrogen-bond donors (Lipinski definition) is 4. The first-order chi connectivity index (χ1) is 15.8. The summed E-state index contributed by atoms with van der Waals surface area (Å²) in [5.41, 5.74) is 0.821. The number of carboxylic acids is 1. The van der Waals surface area contributed by atoms with Crippen LogP contribution in [0.1, 0.15) is 85.5 Å². The Hall–Kier alpha value is -1.17. The van der Waals surface area contributed by atoms with Gasteiger partial charge in [-0.2, -0.15) is 0 Å². The minimum Gasteiger partial charge on any atom is -0.481 e. The third-order valence-corrected chi connectivity index (χ3v) is 12.6. The topological polar surface area (TPSA) is 98.0 Å². The van der Waals surface area contributed by atoms with Crippen LogP contribution < -0.4 is 0 Å². The number of aliphatic hydroxyl groups is 3. The van der Waals surface area contributed by atoms with E-state index in [2.05, 4.69) is 33.4 Å². The Bertz CT molecular complexity index is 941. The van der Waals surface area contributed by atoms with E-state index in [1.807, 2.05) is 6.92 Å². The molecule has 0 aromatic carbocycles. The van der Waals surface area contributed by atoms with Crippen molar-refractivity contribution in [2.24, 2.45) is 44.8 Å². The van der Waals surface area contributed by atoms with Gasteiger partial charge in [-0.05, 0) is 85.9 Å². The van der Waals surface area contributed by atoms with E-state index in [9.17, 15) is 25.2 Å². The second kappa shape index (κ2) is 7.43. The molecule has 5 aliphatic carbocycles. The molecule has 0 saturated heterocycles. The fraction of sp³-hybridized carbons (Fsp3) is 0.828. The quantitative estimate of drug-likeness (QED) is 0.437. The van der Waals surface area contributed by atoms with Gasteiger partial charge in [0.25, 0.3) is 0 Å². The average Bonchev–Trinajstić information content (AvgIpc) is 2.77. The van der Waals surface area contributed by atoms with Crippen LogP contribution in [0.5, 0.6) is 0 Å². The Labute approximate surface area is 204 Å². The molecule has 10 unspecified atom stereocenters. The molecule has 5 aliphatic rings. The fourth-order valence-electron chi connectivity index (χ4n) is 10.3. The SMILES string of the molecule is C=C1CCC2(C(=O)O)CCC3(C)C(=CCC4C5(C)CC(O)C(O)C(C)(CO)C5CCC43C)C2C1. The molecule has 4 fully saturated rings. The summed E-state index contributed by atoms with van der Waals surface area (Å²) in [4.78, 5) is 12.6. The Morgan fingerprint density at radius 2 is 1.79 bits per heavy atom. The first-order valence-corrected chi connectivity index (χ1v) is 13.4. The highest BCUT2D eigenvalue weighted by molar-refractivity contribution is 5.77. The standard InChI is InChI=1S/C29H44O5/c1-17-8-11-29(24(33)34)13-12-27(4)18(19(29)14-17)6-7-22-25(2)15-20(31)23(32)26(3,16-30)21(25)9-10-28(22,27)5/h6,19-23,30-32H,1,7-16H2,2-5H3,(H,33,34). The van der Waals surface area contributed by atoms with E-state index in [0.717, 1.165) is 38.5 Å². The van der Waals surface area contributed by atoms with Crippen molar-refractivity contribution in [2.75, 3.05) is 6.61 Å². The maximum Gasteiger partial charge on any atom is 0.310 e. The maximum absolute atomic E-state index is 12.6. The van der Waals surface area contributed by atoms with E-state index >= 15 is 0 Å². The van der Waals surface area contributed by atoms with Crippen molar-refractivity contribution in [3.8, 4) is 0 Å². The molecule has 190 valence electrons. The maximum atomic E-state index is 12.6. The third kappa shape index (κ3) is 2.75. The van der Waals surface area contributed by atoms with Gasteiger partial charge in [-0.1, -0.05) is 51.5 Å². The third-order valence-electron chi connectivity index (χ3n) is 12.6. The lowest BCUT2D eigenvalue weighted by Gasteiger charge is -2.71. The molecule has 5 heteroatoms. The summed E-state index contributed by atoms with van der Waals surface area (Å²) in [5.74, 6) is -0.172. The van der Waals surface area contributed by atoms with Gasteiger partial charge in [0, 0.05) is 11.3 Å². The van der Waals surface area contributed by atoms with Crippen LogP contribution in [0, 0.1) is 44.8 Å². The molecule has 4 saturated carbocycles. The number of rotatable bonds is 2. The van der Waals surface area contributed by atoms with Crippen molar-refractivity contribution in [1.82, 2.24) is 0 Å².